The van der Waals surface area contributed by atoms with Crippen molar-refractivity contribution in [3.05, 3.63) is 35.8 Å². The van der Waals surface area contributed by atoms with Crippen molar-refractivity contribution in [2.24, 2.45) is 11.8 Å². The van der Waals surface area contributed by atoms with Gasteiger partial charge in [0.2, 0.25) is 0 Å². The molecule has 2 atom stereocenters. The number of alkyl carbamates (subject to hydrolysis) is 1. The third kappa shape index (κ3) is 8.64. The first-order chi connectivity index (χ1) is 17.1. The van der Waals surface area contributed by atoms with Crippen molar-refractivity contribution in [1.82, 2.24) is 15.1 Å². The lowest BCUT2D eigenvalue weighted by atomic mass is 9.84. The van der Waals surface area contributed by atoms with E-state index in [1.807, 2.05) is 6.92 Å². The van der Waals surface area contributed by atoms with Gasteiger partial charge >= 0.3 is 6.09 Å². The van der Waals surface area contributed by atoms with Crippen LogP contribution in [0.15, 0.2) is 35.8 Å². The Morgan fingerprint density at radius 1 is 1.17 bits per heavy atom. The number of carbonyl (C=O) groups is 2. The Morgan fingerprint density at radius 2 is 1.86 bits per heavy atom. The number of rotatable bonds is 5. The number of halogens is 1. The zero-order valence-corrected chi connectivity index (χ0v) is 22.4. The summed E-state index contributed by atoms with van der Waals surface area (Å²) in [6.45, 7) is 10.8. The van der Waals surface area contributed by atoms with Crippen molar-refractivity contribution in [2.75, 3.05) is 39.5 Å². The molecule has 0 aromatic rings. The smallest absolute Gasteiger partial charge is 0.407 e. The number of hydrogen-bond acceptors (Lipinski definition) is 5. The van der Waals surface area contributed by atoms with Gasteiger partial charge in [0, 0.05) is 42.8 Å². The number of amides is 2. The summed E-state index contributed by atoms with van der Waals surface area (Å²) in [5.41, 5.74) is 0.756. The lowest BCUT2D eigenvalue weighted by Gasteiger charge is -2.46. The van der Waals surface area contributed by atoms with Gasteiger partial charge in [-0.25, -0.2) is 9.18 Å². The summed E-state index contributed by atoms with van der Waals surface area (Å²) in [5.74, 6) is 0.653. The van der Waals surface area contributed by atoms with E-state index in [-0.39, 0.29) is 35.8 Å². The maximum absolute atomic E-state index is 13.8. The van der Waals surface area contributed by atoms with E-state index in [1.54, 1.807) is 17.1 Å². The van der Waals surface area contributed by atoms with Gasteiger partial charge in [-0.15, -0.1) is 0 Å². The second-order valence-electron chi connectivity index (χ2n) is 11.1. The zero-order chi connectivity index (χ0) is 26.1. The first kappa shape index (κ1) is 28.2. The van der Waals surface area contributed by atoms with Crippen molar-refractivity contribution in [1.29, 1.82) is 0 Å². The first-order valence-corrected chi connectivity index (χ1v) is 13.5. The molecule has 2 aliphatic heterocycles. The number of nitrogens with zero attached hydrogens (tertiary/aromatic N) is 2. The normalized spacial score (nSPS) is 24.4. The van der Waals surface area contributed by atoms with Gasteiger partial charge in [0.1, 0.15) is 5.83 Å². The molecule has 1 N–H and O–H groups in total. The maximum atomic E-state index is 13.8. The highest BCUT2D eigenvalue weighted by atomic mass is 19.1. The maximum Gasteiger partial charge on any atom is 0.407 e. The van der Waals surface area contributed by atoms with E-state index in [4.69, 9.17) is 9.47 Å². The minimum absolute atomic E-state index is 0.0608. The van der Waals surface area contributed by atoms with Gasteiger partial charge in [-0.05, 0) is 51.3 Å². The van der Waals surface area contributed by atoms with Crippen LogP contribution in [0, 0.1) is 11.8 Å². The zero-order valence-electron chi connectivity index (χ0n) is 22.4. The molecule has 0 radical (unpaired) electrons. The van der Waals surface area contributed by atoms with Crippen molar-refractivity contribution >= 4 is 12.0 Å². The molecule has 202 valence electrons. The molecule has 1 saturated heterocycles. The molecule has 2 aliphatic carbocycles. The summed E-state index contributed by atoms with van der Waals surface area (Å²) in [6, 6.07) is -0.216. The minimum atomic E-state index is -0.620. The lowest BCUT2D eigenvalue weighted by molar-refractivity contribution is -0.138. The third-order valence-corrected chi connectivity index (χ3v) is 7.35. The number of fused-ring (bicyclic) bond motifs is 1. The standard InChI is InChI=1S/C21H30FN3O4.C7H14/c1-15(23-20(27)29-14-19(26)24-6-8-28-9-7-24)13-25-18-5-4-17(22)10-16(11-18)12-21(25,2)3;1-7-5-3-2-4-6-7/h4-5,10-11,15-16H,6-9,12-14H2,1-3H3,(H,23,27);7H,2-6H2,1H3. The summed E-state index contributed by atoms with van der Waals surface area (Å²) in [4.78, 5) is 28.0. The summed E-state index contributed by atoms with van der Waals surface area (Å²) in [6.07, 6.45) is 14.6. The molecule has 2 fully saturated rings. The molecule has 2 amide bonds. The van der Waals surface area contributed by atoms with Gasteiger partial charge in [0.15, 0.2) is 6.61 Å². The van der Waals surface area contributed by atoms with Crippen LogP contribution in [0.3, 0.4) is 0 Å². The quantitative estimate of drug-likeness (QED) is 0.572. The topological polar surface area (TPSA) is 71.1 Å². The van der Waals surface area contributed by atoms with Crippen LogP contribution in [0.4, 0.5) is 9.18 Å². The van der Waals surface area contributed by atoms with Crippen LogP contribution in [0.2, 0.25) is 0 Å². The predicted molar refractivity (Wildman–Crippen MR) is 139 cm³/mol. The summed E-state index contributed by atoms with van der Waals surface area (Å²) in [7, 11) is 0. The molecule has 4 aliphatic rings. The molecule has 2 unspecified atom stereocenters. The summed E-state index contributed by atoms with van der Waals surface area (Å²) in [5, 5.41) is 2.78. The van der Waals surface area contributed by atoms with Gasteiger partial charge in [0.05, 0.1) is 13.2 Å². The van der Waals surface area contributed by atoms with Gasteiger partial charge in [-0.2, -0.15) is 0 Å². The minimum Gasteiger partial charge on any atom is -0.439 e. The highest BCUT2D eigenvalue weighted by Crippen LogP contribution is 2.37. The van der Waals surface area contributed by atoms with Crippen LogP contribution in [0.25, 0.3) is 0 Å². The second-order valence-corrected chi connectivity index (χ2v) is 11.1. The average Bonchev–Trinajstić information content (AvgIpc) is 3.00. The molecule has 2 bridgehead atoms. The van der Waals surface area contributed by atoms with Crippen LogP contribution in [-0.4, -0.2) is 72.8 Å². The second kappa shape index (κ2) is 13.3. The fourth-order valence-electron chi connectivity index (χ4n) is 5.34. The average molecular weight is 506 g/mol. The third-order valence-electron chi connectivity index (χ3n) is 7.35. The monoisotopic (exact) mass is 505 g/mol. The Labute approximate surface area is 215 Å². The fourth-order valence-corrected chi connectivity index (χ4v) is 5.34. The molecule has 1 saturated carbocycles. The Morgan fingerprint density at radius 3 is 2.50 bits per heavy atom. The van der Waals surface area contributed by atoms with Crippen LogP contribution < -0.4 is 5.32 Å². The Hall–Kier alpha value is -2.35. The molecular formula is C28H44FN3O4. The van der Waals surface area contributed by atoms with Gasteiger partial charge in [-0.3, -0.25) is 4.79 Å². The highest BCUT2D eigenvalue weighted by Gasteiger charge is 2.35. The van der Waals surface area contributed by atoms with Crippen molar-refractivity contribution in [3.8, 4) is 0 Å². The number of nitrogens with one attached hydrogen (secondary N) is 1. The highest BCUT2D eigenvalue weighted by molar-refractivity contribution is 5.80. The van der Waals surface area contributed by atoms with E-state index in [0.29, 0.717) is 32.8 Å². The molecule has 36 heavy (non-hydrogen) atoms. The largest absolute Gasteiger partial charge is 0.439 e. The molecular weight excluding hydrogens is 461 g/mol. The van der Waals surface area contributed by atoms with Crippen molar-refractivity contribution in [3.63, 3.8) is 0 Å². The molecule has 0 aromatic heterocycles. The number of ether oxygens (including phenoxy) is 2. The first-order valence-electron chi connectivity index (χ1n) is 13.5. The van der Waals surface area contributed by atoms with E-state index < -0.39 is 6.09 Å². The van der Waals surface area contributed by atoms with Crippen LogP contribution >= 0.6 is 0 Å². The number of morpholine rings is 1. The summed E-state index contributed by atoms with van der Waals surface area (Å²) >= 11 is 0. The van der Waals surface area contributed by atoms with Crippen molar-refractivity contribution in [2.45, 2.75) is 77.8 Å². The molecule has 8 heteroatoms. The van der Waals surface area contributed by atoms with Crippen LogP contribution in [-0.2, 0) is 14.3 Å². The molecule has 0 spiro atoms. The Kier molecular flexibility index (Phi) is 10.4. The molecule has 7 nitrogen and oxygen atoms in total. The van der Waals surface area contributed by atoms with Crippen molar-refractivity contribution < 1.29 is 23.5 Å². The lowest BCUT2D eigenvalue weighted by Crippen LogP contribution is -2.52. The number of allylic oxidation sites excluding steroid dienone is 5. The summed E-state index contributed by atoms with van der Waals surface area (Å²) < 4.78 is 24.1. The van der Waals surface area contributed by atoms with Gasteiger partial charge in [-0.1, -0.05) is 45.1 Å². The number of carbonyl (C=O) groups excluding carboxylic acids is 2. The Bertz CT molecular complexity index is 842. The SMILES string of the molecule is CC(CN1C2=CC(C=C(F)C=C2)CC1(C)C)NC(=O)OCC(=O)N1CCOCC1.CC1CCCCC1. The van der Waals surface area contributed by atoms with Crippen LogP contribution in [0.1, 0.15) is 66.2 Å². The molecule has 0 aromatic carbocycles. The predicted octanol–water partition coefficient (Wildman–Crippen LogP) is 4.95. The molecule has 4 rings (SSSR count). The van der Waals surface area contributed by atoms with Gasteiger partial charge < -0.3 is 24.6 Å². The van der Waals surface area contributed by atoms with Crippen LogP contribution in [0.5, 0.6) is 0 Å². The number of hydrogen-bond donors (Lipinski definition) is 1. The Balaban J connectivity index is 0.000000444. The van der Waals surface area contributed by atoms with E-state index >= 15 is 0 Å². The van der Waals surface area contributed by atoms with E-state index in [9.17, 15) is 14.0 Å². The van der Waals surface area contributed by atoms with E-state index in [0.717, 1.165) is 18.0 Å². The van der Waals surface area contributed by atoms with Gasteiger partial charge in [0.25, 0.3) is 5.91 Å². The molecule has 2 heterocycles. The van der Waals surface area contributed by atoms with E-state index in [2.05, 4.69) is 37.1 Å². The fraction of sp³-hybridized carbons (Fsp3) is 0.714. The van der Waals surface area contributed by atoms with E-state index in [1.165, 1.54) is 38.2 Å².